The number of carbonyl (C=O) groups is 3. The van der Waals surface area contributed by atoms with Crippen LogP contribution in [0.1, 0.15) is 28.4 Å². The van der Waals surface area contributed by atoms with E-state index in [1.165, 1.54) is 12.0 Å². The van der Waals surface area contributed by atoms with E-state index in [0.717, 1.165) is 22.0 Å². The molecule has 2 heterocycles. The van der Waals surface area contributed by atoms with Crippen molar-refractivity contribution in [2.45, 2.75) is 31.2 Å². The van der Waals surface area contributed by atoms with Gasteiger partial charge in [-0.2, -0.15) is 0 Å². The summed E-state index contributed by atoms with van der Waals surface area (Å²) in [5.41, 5.74) is 4.18. The van der Waals surface area contributed by atoms with Crippen LogP contribution in [-0.2, 0) is 36.8 Å². The second-order valence-corrected chi connectivity index (χ2v) is 11.5. The van der Waals surface area contributed by atoms with Crippen molar-refractivity contribution >= 4 is 57.6 Å². The van der Waals surface area contributed by atoms with Gasteiger partial charge in [-0.05, 0) is 41.5 Å². The summed E-state index contributed by atoms with van der Waals surface area (Å²) < 4.78 is 11.5. The number of ether oxygens (including phenoxy) is 2. The molecule has 8 nitrogen and oxygen atoms in total. The molecule has 45 heavy (non-hydrogen) atoms. The van der Waals surface area contributed by atoms with E-state index >= 15 is 0 Å². The van der Waals surface area contributed by atoms with Crippen molar-refractivity contribution in [1.29, 1.82) is 0 Å². The summed E-state index contributed by atoms with van der Waals surface area (Å²) in [6.45, 7) is 0.159. The molecule has 0 fully saturated rings. The fourth-order valence-electron chi connectivity index (χ4n) is 5.64. The first-order chi connectivity index (χ1) is 21.8. The van der Waals surface area contributed by atoms with E-state index in [1.54, 1.807) is 48.7 Å². The van der Waals surface area contributed by atoms with E-state index in [-0.39, 0.29) is 13.0 Å². The van der Waals surface area contributed by atoms with Crippen molar-refractivity contribution in [1.82, 2.24) is 10.3 Å². The van der Waals surface area contributed by atoms with Gasteiger partial charge >= 0.3 is 5.97 Å². The summed E-state index contributed by atoms with van der Waals surface area (Å²) in [5.74, 6) is -2.05. The molecule has 10 heteroatoms. The first-order valence-corrected chi connectivity index (χ1v) is 15.1. The van der Waals surface area contributed by atoms with Gasteiger partial charge in [0.2, 0.25) is 6.10 Å². The normalized spacial score (nSPS) is 17.0. The minimum atomic E-state index is -1.64. The zero-order valence-corrected chi connectivity index (χ0v) is 25.7. The van der Waals surface area contributed by atoms with E-state index in [1.807, 2.05) is 54.6 Å². The fourth-order valence-corrected chi connectivity index (χ4v) is 6.06. The summed E-state index contributed by atoms with van der Waals surface area (Å²) in [6.07, 6.45) is -0.662. The molecule has 228 valence electrons. The van der Waals surface area contributed by atoms with Crippen LogP contribution in [0.3, 0.4) is 0 Å². The van der Waals surface area contributed by atoms with Gasteiger partial charge in [0.05, 0.1) is 19.3 Å². The number of esters is 1. The first-order valence-electron chi connectivity index (χ1n) is 14.3. The topological polar surface area (TPSA) is 101 Å². The highest BCUT2D eigenvalue weighted by molar-refractivity contribution is 6.31. The molecule has 1 aliphatic rings. The molecule has 6 rings (SSSR count). The second kappa shape index (κ2) is 13.2. The lowest BCUT2D eigenvalue weighted by molar-refractivity contribution is -0.151. The molecule has 0 saturated carbocycles. The Morgan fingerprint density at radius 3 is 2.47 bits per heavy atom. The number of hydrogen-bond donors (Lipinski definition) is 2. The first kappa shape index (κ1) is 30.4. The number of H-pyrrole nitrogens is 1. The minimum absolute atomic E-state index is 0.126. The van der Waals surface area contributed by atoms with E-state index in [0.29, 0.717) is 26.9 Å². The molecule has 2 N–H and O–H groups in total. The van der Waals surface area contributed by atoms with Gasteiger partial charge in [0.1, 0.15) is 12.1 Å². The largest absolute Gasteiger partial charge is 0.467 e. The van der Waals surface area contributed by atoms with Crippen molar-refractivity contribution in [3.8, 4) is 0 Å². The monoisotopic (exact) mass is 641 g/mol. The molecule has 1 aromatic heterocycles. The lowest BCUT2D eigenvalue weighted by Crippen LogP contribution is -2.53. The standard InChI is InChI=1S/C35H29Cl2N3O5/c1-44-35(43)29(17-22-19-38-28-14-8-6-11-24(22)28)39-33(41)32-34(42)40(20-21-9-3-2-4-10-21)30-16-15-23(36)18-26(30)31(45-32)25-12-5-7-13-27(25)37/h2-16,18-19,29,31-32,38H,17,20H2,1H3,(H,39,41)/t29-,31+,32+/m0/s1. The molecular formula is C35H29Cl2N3O5. The second-order valence-electron chi connectivity index (χ2n) is 10.7. The molecule has 0 saturated heterocycles. The number of nitrogens with one attached hydrogen (secondary N) is 2. The van der Waals surface area contributed by atoms with Crippen molar-refractivity contribution in [3.05, 3.63) is 136 Å². The summed E-state index contributed by atoms with van der Waals surface area (Å²) in [7, 11) is 1.25. The number of aromatic amines is 1. The van der Waals surface area contributed by atoms with E-state index in [2.05, 4.69) is 10.3 Å². The Morgan fingerprint density at radius 2 is 1.69 bits per heavy atom. The number of aromatic nitrogens is 1. The highest BCUT2D eigenvalue weighted by Gasteiger charge is 2.42. The highest BCUT2D eigenvalue weighted by Crippen LogP contribution is 2.42. The number of rotatable bonds is 8. The SMILES string of the molecule is COC(=O)[C@H](Cc1c[nH]c2ccccc12)NC(=O)[C@H]1O[C@H](c2ccccc2Cl)c2cc(Cl)ccc2N(Cc2ccccc2)C1=O. The van der Waals surface area contributed by atoms with Gasteiger partial charge in [0.15, 0.2) is 0 Å². The molecule has 3 atom stereocenters. The Kier molecular flexibility index (Phi) is 8.89. The van der Waals surface area contributed by atoms with Gasteiger partial charge in [0.25, 0.3) is 11.8 Å². The van der Waals surface area contributed by atoms with Crippen LogP contribution in [0.25, 0.3) is 10.9 Å². The van der Waals surface area contributed by atoms with Gasteiger partial charge in [-0.15, -0.1) is 0 Å². The van der Waals surface area contributed by atoms with Gasteiger partial charge in [0, 0.05) is 44.7 Å². The molecule has 4 aromatic carbocycles. The zero-order valence-electron chi connectivity index (χ0n) is 24.2. The van der Waals surface area contributed by atoms with E-state index in [4.69, 9.17) is 32.7 Å². The van der Waals surface area contributed by atoms with Crippen LogP contribution in [-0.4, -0.2) is 42.0 Å². The minimum Gasteiger partial charge on any atom is -0.467 e. The smallest absolute Gasteiger partial charge is 0.328 e. The summed E-state index contributed by atoms with van der Waals surface area (Å²) in [4.78, 5) is 46.1. The van der Waals surface area contributed by atoms with Gasteiger partial charge in [-0.1, -0.05) is 89.9 Å². The van der Waals surface area contributed by atoms with Crippen LogP contribution in [0, 0.1) is 0 Å². The number of para-hydroxylation sites is 1. The van der Waals surface area contributed by atoms with Crippen molar-refractivity contribution in [2.24, 2.45) is 0 Å². The third-order valence-electron chi connectivity index (χ3n) is 7.84. The van der Waals surface area contributed by atoms with Crippen LogP contribution >= 0.6 is 23.2 Å². The van der Waals surface area contributed by atoms with Crippen LogP contribution in [0.4, 0.5) is 5.69 Å². The number of anilines is 1. The van der Waals surface area contributed by atoms with Crippen molar-refractivity contribution < 1.29 is 23.9 Å². The number of amides is 2. The quantitative estimate of drug-likeness (QED) is 0.151. The predicted octanol–water partition coefficient (Wildman–Crippen LogP) is 6.40. The summed E-state index contributed by atoms with van der Waals surface area (Å²) in [5, 5.41) is 4.47. The Labute approximate surface area is 269 Å². The number of fused-ring (bicyclic) bond motifs is 2. The van der Waals surface area contributed by atoms with Crippen molar-refractivity contribution in [3.63, 3.8) is 0 Å². The number of carbonyl (C=O) groups excluding carboxylic acids is 3. The average Bonchev–Trinajstić information content (AvgIpc) is 3.42. The maximum absolute atomic E-state index is 14.4. The van der Waals surface area contributed by atoms with Crippen LogP contribution in [0.2, 0.25) is 10.0 Å². The summed E-state index contributed by atoms with van der Waals surface area (Å²) in [6, 6.07) is 28.2. The van der Waals surface area contributed by atoms with Gasteiger partial charge in [-0.3, -0.25) is 9.59 Å². The zero-order chi connectivity index (χ0) is 31.5. The Bertz CT molecular complexity index is 1880. The Morgan fingerprint density at radius 1 is 0.956 bits per heavy atom. The predicted molar refractivity (Wildman–Crippen MR) is 173 cm³/mol. The number of hydrogen-bond acceptors (Lipinski definition) is 5. The Balaban J connectivity index is 1.40. The molecule has 2 amide bonds. The maximum atomic E-state index is 14.4. The number of methoxy groups -OCH3 is 1. The molecule has 0 unspecified atom stereocenters. The number of halogens is 2. The lowest BCUT2D eigenvalue weighted by atomic mass is 9.99. The summed E-state index contributed by atoms with van der Waals surface area (Å²) >= 11 is 13.1. The maximum Gasteiger partial charge on any atom is 0.328 e. The molecule has 5 aromatic rings. The molecule has 0 spiro atoms. The van der Waals surface area contributed by atoms with E-state index < -0.39 is 36.0 Å². The lowest BCUT2D eigenvalue weighted by Gasteiger charge is -2.26. The third-order valence-corrected chi connectivity index (χ3v) is 8.42. The van der Waals surface area contributed by atoms with Crippen LogP contribution < -0.4 is 10.2 Å². The van der Waals surface area contributed by atoms with Crippen LogP contribution in [0.5, 0.6) is 0 Å². The molecule has 1 aliphatic heterocycles. The van der Waals surface area contributed by atoms with Crippen molar-refractivity contribution in [2.75, 3.05) is 12.0 Å². The van der Waals surface area contributed by atoms with Gasteiger partial charge < -0.3 is 24.7 Å². The van der Waals surface area contributed by atoms with Gasteiger partial charge in [-0.25, -0.2) is 4.79 Å². The molecule has 0 aliphatic carbocycles. The van der Waals surface area contributed by atoms with E-state index in [9.17, 15) is 14.4 Å². The molecular weight excluding hydrogens is 613 g/mol. The molecule has 0 radical (unpaired) electrons. The highest BCUT2D eigenvalue weighted by atomic mass is 35.5. The van der Waals surface area contributed by atoms with Crippen LogP contribution in [0.15, 0.2) is 103 Å². The Hall–Kier alpha value is -4.63. The number of benzene rings is 4. The third kappa shape index (κ3) is 6.31. The average molecular weight is 643 g/mol. The fraction of sp³-hybridized carbons (Fsp3) is 0.171. The number of nitrogens with zero attached hydrogens (tertiary/aromatic N) is 1. The molecule has 0 bridgehead atoms.